The lowest BCUT2D eigenvalue weighted by atomic mass is 9.93. The number of urea groups is 1. The van der Waals surface area contributed by atoms with Crippen LogP contribution < -0.4 is 20.1 Å². The third-order valence-electron chi connectivity index (χ3n) is 5.70. The van der Waals surface area contributed by atoms with Gasteiger partial charge in [-0.15, -0.1) is 0 Å². The number of benzene rings is 3. The lowest BCUT2D eigenvalue weighted by Crippen LogP contribution is -2.20. The van der Waals surface area contributed by atoms with Crippen molar-refractivity contribution in [1.82, 2.24) is 0 Å². The smallest absolute Gasteiger partial charge is 0.323 e. The van der Waals surface area contributed by atoms with Gasteiger partial charge in [0.1, 0.15) is 0 Å². The van der Waals surface area contributed by atoms with Gasteiger partial charge in [-0.3, -0.25) is 4.99 Å². The van der Waals surface area contributed by atoms with Crippen LogP contribution in [0.25, 0.3) is 0 Å². The Morgan fingerprint density at radius 3 is 2.48 bits per heavy atom. The normalized spacial score (nSPS) is 12.4. The summed E-state index contributed by atoms with van der Waals surface area (Å²) in [7, 11) is 3.29. The second-order valence-electron chi connectivity index (χ2n) is 7.81. The van der Waals surface area contributed by atoms with Gasteiger partial charge in [0, 0.05) is 40.6 Å². The topological polar surface area (TPSA) is 72.0 Å². The van der Waals surface area contributed by atoms with Crippen molar-refractivity contribution in [1.29, 1.82) is 0 Å². The fraction of sp³-hybridized carbons (Fsp3) is 0.231. The molecule has 2 amide bonds. The van der Waals surface area contributed by atoms with Crippen LogP contribution in [-0.2, 0) is 12.8 Å². The lowest BCUT2D eigenvalue weighted by Gasteiger charge is -2.20. The van der Waals surface area contributed by atoms with E-state index < -0.39 is 0 Å². The van der Waals surface area contributed by atoms with Gasteiger partial charge in [0.25, 0.3) is 0 Å². The van der Waals surface area contributed by atoms with Gasteiger partial charge in [-0.2, -0.15) is 0 Å². The summed E-state index contributed by atoms with van der Waals surface area (Å²) in [6.07, 6.45) is 1.57. The van der Waals surface area contributed by atoms with Crippen molar-refractivity contribution >= 4 is 34.7 Å². The minimum Gasteiger partial charge on any atom is -0.493 e. The Bertz CT molecular complexity index is 1210. The maximum Gasteiger partial charge on any atom is 0.323 e. The number of methoxy groups -OCH3 is 2. The molecule has 6 nitrogen and oxygen atoms in total. The summed E-state index contributed by atoms with van der Waals surface area (Å²) in [4.78, 5) is 17.2. The minimum atomic E-state index is -0.320. The fourth-order valence-corrected chi connectivity index (χ4v) is 4.05. The highest BCUT2D eigenvalue weighted by Crippen LogP contribution is 2.33. The molecule has 0 bridgehead atoms. The number of nitrogens with zero attached hydrogens (tertiary/aromatic N) is 1. The molecular weight excluding hydrogens is 438 g/mol. The number of anilines is 2. The summed E-state index contributed by atoms with van der Waals surface area (Å²) in [6.45, 7) is 2.62. The van der Waals surface area contributed by atoms with Crippen LogP contribution in [-0.4, -0.2) is 32.5 Å². The molecule has 0 spiro atoms. The first kappa shape index (κ1) is 22.7. The Kier molecular flexibility index (Phi) is 6.84. The van der Waals surface area contributed by atoms with Gasteiger partial charge in [0.05, 0.1) is 14.2 Å². The Morgan fingerprint density at radius 1 is 1.03 bits per heavy atom. The van der Waals surface area contributed by atoms with Gasteiger partial charge in [-0.25, -0.2) is 4.79 Å². The van der Waals surface area contributed by atoms with Crippen molar-refractivity contribution in [2.45, 2.75) is 19.8 Å². The Labute approximate surface area is 198 Å². The summed E-state index contributed by atoms with van der Waals surface area (Å²) in [5.74, 6) is 1.44. The van der Waals surface area contributed by atoms with E-state index in [1.807, 2.05) is 49.4 Å². The zero-order valence-electron chi connectivity index (χ0n) is 18.9. The molecule has 33 heavy (non-hydrogen) atoms. The molecule has 7 heteroatoms. The van der Waals surface area contributed by atoms with Gasteiger partial charge in [0.2, 0.25) is 0 Å². The van der Waals surface area contributed by atoms with Crippen molar-refractivity contribution in [3.8, 4) is 11.5 Å². The molecule has 1 heterocycles. The zero-order chi connectivity index (χ0) is 23.4. The number of amides is 2. The van der Waals surface area contributed by atoms with E-state index in [4.69, 9.17) is 26.1 Å². The average molecular weight is 464 g/mol. The number of rotatable bonds is 6. The number of fused-ring (bicyclic) bond motifs is 1. The number of halogens is 1. The molecule has 0 aliphatic carbocycles. The number of ether oxygens (including phenoxy) is 2. The van der Waals surface area contributed by atoms with E-state index >= 15 is 0 Å². The van der Waals surface area contributed by atoms with E-state index in [9.17, 15) is 4.79 Å². The predicted octanol–water partition coefficient (Wildman–Crippen LogP) is 5.90. The van der Waals surface area contributed by atoms with Crippen LogP contribution in [0.4, 0.5) is 16.2 Å². The van der Waals surface area contributed by atoms with E-state index in [2.05, 4.69) is 10.6 Å². The summed E-state index contributed by atoms with van der Waals surface area (Å²) in [5, 5.41) is 6.30. The molecule has 2 N–H and O–H groups in total. The molecule has 0 radical (unpaired) electrons. The molecule has 1 aliphatic heterocycles. The van der Waals surface area contributed by atoms with Crippen molar-refractivity contribution in [3.05, 3.63) is 81.9 Å². The van der Waals surface area contributed by atoms with E-state index in [1.54, 1.807) is 26.4 Å². The Balaban J connectivity index is 1.44. The van der Waals surface area contributed by atoms with Crippen LogP contribution in [0.5, 0.6) is 11.5 Å². The first-order valence-corrected chi connectivity index (χ1v) is 11.1. The monoisotopic (exact) mass is 463 g/mol. The quantitative estimate of drug-likeness (QED) is 0.478. The van der Waals surface area contributed by atoms with Crippen LogP contribution in [0.3, 0.4) is 0 Å². The predicted molar refractivity (Wildman–Crippen MR) is 134 cm³/mol. The average Bonchev–Trinajstić information content (AvgIpc) is 2.82. The highest BCUT2D eigenvalue weighted by Gasteiger charge is 2.19. The van der Waals surface area contributed by atoms with E-state index in [0.29, 0.717) is 28.6 Å². The summed E-state index contributed by atoms with van der Waals surface area (Å²) >= 11 is 6.12. The molecule has 0 atom stereocenters. The highest BCUT2D eigenvalue weighted by molar-refractivity contribution is 6.31. The number of carbonyl (C=O) groups is 1. The largest absolute Gasteiger partial charge is 0.493 e. The van der Waals surface area contributed by atoms with Crippen LogP contribution >= 0.6 is 11.6 Å². The van der Waals surface area contributed by atoms with Gasteiger partial charge in [-0.1, -0.05) is 29.8 Å². The molecule has 0 fully saturated rings. The van der Waals surface area contributed by atoms with Crippen LogP contribution in [0.1, 0.15) is 22.3 Å². The second kappa shape index (κ2) is 9.96. The molecule has 0 saturated carbocycles. The lowest BCUT2D eigenvalue weighted by molar-refractivity contribution is 0.262. The van der Waals surface area contributed by atoms with Crippen LogP contribution in [0.15, 0.2) is 59.6 Å². The third-order valence-corrected chi connectivity index (χ3v) is 6.11. The maximum atomic E-state index is 12.4. The van der Waals surface area contributed by atoms with E-state index in [0.717, 1.165) is 41.1 Å². The zero-order valence-corrected chi connectivity index (χ0v) is 19.6. The highest BCUT2D eigenvalue weighted by atomic mass is 35.5. The first-order chi connectivity index (χ1) is 16.0. The number of aliphatic imine (C=N–C) groups is 1. The first-order valence-electron chi connectivity index (χ1n) is 10.7. The van der Waals surface area contributed by atoms with Crippen molar-refractivity contribution < 1.29 is 14.3 Å². The van der Waals surface area contributed by atoms with E-state index in [1.165, 1.54) is 5.56 Å². The summed E-state index contributed by atoms with van der Waals surface area (Å²) in [5.41, 5.74) is 6.64. The number of nitrogens with one attached hydrogen (secondary N) is 2. The minimum absolute atomic E-state index is 0.320. The number of hydrogen-bond donors (Lipinski definition) is 2. The van der Waals surface area contributed by atoms with Gasteiger partial charge >= 0.3 is 6.03 Å². The number of hydrogen-bond acceptors (Lipinski definition) is 4. The Morgan fingerprint density at radius 2 is 1.76 bits per heavy atom. The Hall–Kier alpha value is -3.51. The van der Waals surface area contributed by atoms with Gasteiger partial charge in [-0.05, 0) is 66.4 Å². The van der Waals surface area contributed by atoms with Crippen LogP contribution in [0, 0.1) is 6.92 Å². The SMILES string of the molecule is COc1cc2c(cc1OC)C(Cc1ccc(NC(=O)Nc3cccc(Cl)c3C)cc1)=NCC2. The third kappa shape index (κ3) is 5.12. The summed E-state index contributed by atoms with van der Waals surface area (Å²) in [6, 6.07) is 16.9. The molecule has 0 unspecified atom stereocenters. The molecule has 170 valence electrons. The standard InChI is InChI=1S/C26H26ClN3O3/c1-16-21(27)5-4-6-22(16)30-26(31)29-19-9-7-17(8-10-19)13-23-20-15-25(33-3)24(32-2)14-18(20)11-12-28-23/h4-10,14-15H,11-13H2,1-3H3,(H2,29,30,31). The molecule has 1 aliphatic rings. The molecule has 0 saturated heterocycles. The molecular formula is C26H26ClN3O3. The van der Waals surface area contributed by atoms with Crippen molar-refractivity contribution in [2.24, 2.45) is 4.99 Å². The fourth-order valence-electron chi connectivity index (χ4n) is 3.87. The molecule has 3 aromatic carbocycles. The molecule has 0 aromatic heterocycles. The second-order valence-corrected chi connectivity index (χ2v) is 8.22. The van der Waals surface area contributed by atoms with Crippen molar-refractivity contribution in [3.63, 3.8) is 0 Å². The molecule has 4 rings (SSSR count). The maximum absolute atomic E-state index is 12.4. The van der Waals surface area contributed by atoms with Gasteiger partial charge < -0.3 is 20.1 Å². The number of carbonyl (C=O) groups excluding carboxylic acids is 1. The van der Waals surface area contributed by atoms with Gasteiger partial charge in [0.15, 0.2) is 11.5 Å². The van der Waals surface area contributed by atoms with Crippen molar-refractivity contribution in [2.75, 3.05) is 31.4 Å². The van der Waals surface area contributed by atoms with E-state index in [-0.39, 0.29) is 6.03 Å². The summed E-state index contributed by atoms with van der Waals surface area (Å²) < 4.78 is 10.9. The van der Waals surface area contributed by atoms with Crippen LogP contribution in [0.2, 0.25) is 5.02 Å². The molecule has 3 aromatic rings.